The molecule has 1 heterocycles. The number of hydrogen-bond acceptors (Lipinski definition) is 2. The molecule has 22 heavy (non-hydrogen) atoms. The number of benzene rings is 1. The second-order valence-electron chi connectivity index (χ2n) is 4.54. The van der Waals surface area contributed by atoms with E-state index >= 15 is 0 Å². The summed E-state index contributed by atoms with van der Waals surface area (Å²) in [5.74, 6) is -0.158. The van der Waals surface area contributed by atoms with E-state index in [1.807, 2.05) is 17.7 Å². The van der Waals surface area contributed by atoms with Crippen LogP contribution in [0.4, 0.5) is 8.78 Å². The molecule has 1 aromatic heterocycles. The summed E-state index contributed by atoms with van der Waals surface area (Å²) in [5, 5.41) is 2.76. The van der Waals surface area contributed by atoms with Crippen LogP contribution in [-0.4, -0.2) is 17.1 Å². The maximum absolute atomic E-state index is 12.2. The fourth-order valence-corrected chi connectivity index (χ4v) is 2.50. The molecular weight excluding hydrogens is 358 g/mol. The van der Waals surface area contributed by atoms with Crippen LogP contribution in [0.2, 0.25) is 0 Å². The van der Waals surface area contributed by atoms with E-state index in [-0.39, 0.29) is 18.2 Å². The van der Waals surface area contributed by atoms with Crippen molar-refractivity contribution >= 4 is 21.8 Å². The Kier molecular flexibility index (Phi) is 5.54. The van der Waals surface area contributed by atoms with Crippen molar-refractivity contribution in [1.82, 2.24) is 9.88 Å². The smallest absolute Gasteiger partial charge is 0.387 e. The second-order valence-corrected chi connectivity index (χ2v) is 5.45. The number of nitrogens with one attached hydrogen (secondary N) is 1. The summed E-state index contributed by atoms with van der Waals surface area (Å²) in [6.07, 6.45) is 1.83. The molecule has 0 aliphatic carbocycles. The normalized spacial score (nSPS) is 10.8. The molecule has 4 nitrogen and oxygen atoms in total. The van der Waals surface area contributed by atoms with Crippen LogP contribution in [0, 0.1) is 0 Å². The van der Waals surface area contributed by atoms with Crippen molar-refractivity contribution in [3.05, 3.63) is 52.3 Å². The van der Waals surface area contributed by atoms with Crippen molar-refractivity contribution < 1.29 is 18.3 Å². The number of aryl methyl sites for hydroxylation is 1. The molecule has 2 aromatic rings. The number of amides is 1. The lowest BCUT2D eigenvalue weighted by Gasteiger charge is -2.09. The molecule has 0 aliphatic rings. The zero-order valence-corrected chi connectivity index (χ0v) is 13.4. The predicted molar refractivity (Wildman–Crippen MR) is 82.1 cm³/mol. The lowest BCUT2D eigenvalue weighted by atomic mass is 10.2. The summed E-state index contributed by atoms with van der Waals surface area (Å²) in [4.78, 5) is 12.2. The lowest BCUT2D eigenvalue weighted by Crippen LogP contribution is -2.25. The predicted octanol–water partition coefficient (Wildman–Crippen LogP) is 3.80. The van der Waals surface area contributed by atoms with Gasteiger partial charge in [0.25, 0.3) is 5.91 Å². The largest absolute Gasteiger partial charge is 0.435 e. The first-order valence-corrected chi connectivity index (χ1v) is 7.46. The zero-order valence-electron chi connectivity index (χ0n) is 11.9. The SMILES string of the molecule is CCn1cc(Br)cc1C(=O)NCc1cccc(OC(F)F)c1. The monoisotopic (exact) mass is 372 g/mol. The Balaban J connectivity index is 2.01. The molecule has 0 atom stereocenters. The Morgan fingerprint density at radius 2 is 2.18 bits per heavy atom. The average molecular weight is 373 g/mol. The molecule has 0 saturated heterocycles. The molecule has 0 saturated carbocycles. The number of aromatic nitrogens is 1. The molecule has 1 aromatic carbocycles. The molecule has 1 amide bonds. The van der Waals surface area contributed by atoms with Gasteiger partial charge < -0.3 is 14.6 Å². The van der Waals surface area contributed by atoms with Gasteiger partial charge in [-0.2, -0.15) is 8.78 Å². The molecule has 2 rings (SSSR count). The third-order valence-corrected chi connectivity index (χ3v) is 3.45. The number of halogens is 3. The van der Waals surface area contributed by atoms with Gasteiger partial charge in [0.05, 0.1) is 0 Å². The van der Waals surface area contributed by atoms with Crippen molar-refractivity contribution in [2.75, 3.05) is 0 Å². The summed E-state index contributed by atoms with van der Waals surface area (Å²) in [6, 6.07) is 7.98. The number of carbonyl (C=O) groups is 1. The van der Waals surface area contributed by atoms with Crippen molar-refractivity contribution in [3.63, 3.8) is 0 Å². The molecule has 1 N–H and O–H groups in total. The highest BCUT2D eigenvalue weighted by Crippen LogP contribution is 2.17. The van der Waals surface area contributed by atoms with Crippen molar-refractivity contribution in [2.45, 2.75) is 26.6 Å². The number of rotatable bonds is 6. The van der Waals surface area contributed by atoms with Crippen LogP contribution >= 0.6 is 15.9 Å². The van der Waals surface area contributed by atoms with Crippen molar-refractivity contribution in [2.24, 2.45) is 0 Å². The summed E-state index contributed by atoms with van der Waals surface area (Å²) < 4.78 is 31.3. The highest BCUT2D eigenvalue weighted by molar-refractivity contribution is 9.10. The maximum atomic E-state index is 12.2. The van der Waals surface area contributed by atoms with Gasteiger partial charge in [0.1, 0.15) is 11.4 Å². The van der Waals surface area contributed by atoms with Gasteiger partial charge in [0, 0.05) is 23.8 Å². The Labute approximate surface area is 135 Å². The van der Waals surface area contributed by atoms with Gasteiger partial charge in [-0.1, -0.05) is 12.1 Å². The van der Waals surface area contributed by atoms with E-state index in [0.29, 0.717) is 17.8 Å². The quantitative estimate of drug-likeness (QED) is 0.837. The third-order valence-electron chi connectivity index (χ3n) is 3.01. The number of ether oxygens (including phenoxy) is 1. The standard InChI is InChI=1S/C15H15BrF2N2O2/c1-2-20-9-11(16)7-13(20)14(21)19-8-10-4-3-5-12(6-10)22-15(17)18/h3-7,9,15H,2,8H2,1H3,(H,19,21). The van der Waals surface area contributed by atoms with Crippen LogP contribution in [0.15, 0.2) is 41.0 Å². The minimum atomic E-state index is -2.87. The first-order chi connectivity index (χ1) is 10.5. The van der Waals surface area contributed by atoms with Gasteiger partial charge in [-0.25, -0.2) is 0 Å². The number of hydrogen-bond donors (Lipinski definition) is 1. The Hall–Kier alpha value is -1.89. The lowest BCUT2D eigenvalue weighted by molar-refractivity contribution is -0.0498. The van der Waals surface area contributed by atoms with Crippen LogP contribution in [0.25, 0.3) is 0 Å². The summed E-state index contributed by atoms with van der Waals surface area (Å²) in [6.45, 7) is -0.0262. The van der Waals surface area contributed by atoms with Crippen LogP contribution < -0.4 is 10.1 Å². The van der Waals surface area contributed by atoms with Crippen LogP contribution in [0.1, 0.15) is 23.0 Å². The third kappa shape index (κ3) is 4.30. The zero-order chi connectivity index (χ0) is 16.1. The fraction of sp³-hybridized carbons (Fsp3) is 0.267. The number of carbonyl (C=O) groups excluding carboxylic acids is 1. The first kappa shape index (κ1) is 16.5. The summed E-state index contributed by atoms with van der Waals surface area (Å²) in [7, 11) is 0. The molecule has 7 heteroatoms. The van der Waals surface area contributed by atoms with Crippen molar-refractivity contribution in [1.29, 1.82) is 0 Å². The Morgan fingerprint density at radius 1 is 1.41 bits per heavy atom. The fourth-order valence-electron chi connectivity index (χ4n) is 2.03. The maximum Gasteiger partial charge on any atom is 0.387 e. The molecule has 0 fully saturated rings. The summed E-state index contributed by atoms with van der Waals surface area (Å²) >= 11 is 3.33. The molecule has 0 radical (unpaired) electrons. The van der Waals surface area contributed by atoms with E-state index in [1.165, 1.54) is 12.1 Å². The van der Waals surface area contributed by atoms with Gasteiger partial charge in [-0.15, -0.1) is 0 Å². The van der Waals surface area contributed by atoms with Crippen LogP contribution in [0.5, 0.6) is 5.75 Å². The van der Waals surface area contributed by atoms with Gasteiger partial charge >= 0.3 is 6.61 Å². The molecule has 0 aliphatic heterocycles. The highest BCUT2D eigenvalue weighted by Gasteiger charge is 2.12. The molecule has 118 valence electrons. The van der Waals surface area contributed by atoms with E-state index in [2.05, 4.69) is 26.0 Å². The summed E-state index contributed by atoms with van der Waals surface area (Å²) in [5.41, 5.74) is 1.22. The number of alkyl halides is 2. The van der Waals surface area contributed by atoms with Crippen molar-refractivity contribution in [3.8, 4) is 5.75 Å². The molecule has 0 spiro atoms. The van der Waals surface area contributed by atoms with E-state index in [9.17, 15) is 13.6 Å². The topological polar surface area (TPSA) is 43.3 Å². The van der Waals surface area contributed by atoms with E-state index in [4.69, 9.17) is 0 Å². The first-order valence-electron chi connectivity index (χ1n) is 6.67. The van der Waals surface area contributed by atoms with E-state index < -0.39 is 6.61 Å². The van der Waals surface area contributed by atoms with Crippen LogP contribution in [0.3, 0.4) is 0 Å². The minimum absolute atomic E-state index is 0.0708. The highest BCUT2D eigenvalue weighted by atomic mass is 79.9. The average Bonchev–Trinajstić information content (AvgIpc) is 2.85. The van der Waals surface area contributed by atoms with E-state index in [0.717, 1.165) is 4.47 Å². The van der Waals surface area contributed by atoms with Gasteiger partial charge in [-0.05, 0) is 46.6 Å². The molecule has 0 bridgehead atoms. The Bertz CT molecular complexity index is 659. The Morgan fingerprint density at radius 3 is 2.86 bits per heavy atom. The van der Waals surface area contributed by atoms with Gasteiger partial charge in [-0.3, -0.25) is 4.79 Å². The molecule has 0 unspecified atom stereocenters. The van der Waals surface area contributed by atoms with E-state index in [1.54, 1.807) is 18.2 Å². The van der Waals surface area contributed by atoms with Crippen LogP contribution in [-0.2, 0) is 13.1 Å². The second kappa shape index (κ2) is 7.40. The number of nitrogens with zero attached hydrogens (tertiary/aromatic N) is 1. The minimum Gasteiger partial charge on any atom is -0.435 e. The molecular formula is C15H15BrF2N2O2. The van der Waals surface area contributed by atoms with Gasteiger partial charge in [0.2, 0.25) is 0 Å². The van der Waals surface area contributed by atoms with Gasteiger partial charge in [0.15, 0.2) is 0 Å².